The molecule has 2 rings (SSSR count). The number of aromatic amines is 1. The molecule has 0 bridgehead atoms. The van der Waals surface area contributed by atoms with Crippen molar-refractivity contribution in [3.63, 3.8) is 0 Å². The average molecular weight is 294 g/mol. The van der Waals surface area contributed by atoms with E-state index < -0.39 is 5.60 Å². The van der Waals surface area contributed by atoms with Crippen LogP contribution in [0.15, 0.2) is 23.1 Å². The number of rotatable bonds is 2. The van der Waals surface area contributed by atoms with Crippen LogP contribution in [0.4, 0.5) is 4.79 Å². The highest BCUT2D eigenvalue weighted by molar-refractivity contribution is 5.68. The van der Waals surface area contributed by atoms with Crippen molar-refractivity contribution in [2.45, 2.75) is 45.3 Å². The van der Waals surface area contributed by atoms with Gasteiger partial charge in [-0.2, -0.15) is 0 Å². The van der Waals surface area contributed by atoms with Crippen LogP contribution in [-0.4, -0.2) is 40.8 Å². The van der Waals surface area contributed by atoms with E-state index in [1.165, 1.54) is 6.07 Å². The number of pyridine rings is 1. The van der Waals surface area contributed by atoms with Crippen molar-refractivity contribution in [2.75, 3.05) is 13.1 Å². The summed E-state index contributed by atoms with van der Waals surface area (Å²) >= 11 is 0. The van der Waals surface area contributed by atoms with E-state index in [9.17, 15) is 9.59 Å². The number of amides is 1. The molecule has 1 aliphatic heterocycles. The third kappa shape index (κ3) is 4.81. The third-order valence-corrected chi connectivity index (χ3v) is 3.15. The van der Waals surface area contributed by atoms with Gasteiger partial charge < -0.3 is 19.4 Å². The largest absolute Gasteiger partial charge is 0.489 e. The number of carbonyl (C=O) groups excluding carboxylic acids is 1. The molecule has 2 heterocycles. The fourth-order valence-corrected chi connectivity index (χ4v) is 2.14. The van der Waals surface area contributed by atoms with Gasteiger partial charge in [-0.1, -0.05) is 0 Å². The number of nitrogens with zero attached hydrogens (tertiary/aromatic N) is 1. The standard InChI is InChI=1S/C15H22N2O4/c1-15(2,3)21-14(19)17-8-6-11(7-9-17)20-12-4-5-13(18)16-10-12/h4-5,10-11H,6-9H2,1-3H3,(H,16,18). The van der Waals surface area contributed by atoms with Crippen molar-refractivity contribution in [3.05, 3.63) is 28.7 Å². The topological polar surface area (TPSA) is 71.6 Å². The number of carbonyl (C=O) groups is 1. The minimum absolute atomic E-state index is 0.0505. The van der Waals surface area contributed by atoms with Gasteiger partial charge >= 0.3 is 6.09 Å². The lowest BCUT2D eigenvalue weighted by molar-refractivity contribution is 0.0126. The van der Waals surface area contributed by atoms with E-state index in [0.29, 0.717) is 18.8 Å². The molecule has 0 unspecified atom stereocenters. The Morgan fingerprint density at radius 1 is 1.29 bits per heavy atom. The van der Waals surface area contributed by atoms with Gasteiger partial charge in [0, 0.05) is 38.2 Å². The van der Waals surface area contributed by atoms with Crippen LogP contribution in [0.2, 0.25) is 0 Å². The molecule has 1 N–H and O–H groups in total. The summed E-state index contributed by atoms with van der Waals surface area (Å²) in [5.41, 5.74) is -0.623. The van der Waals surface area contributed by atoms with Crippen LogP contribution in [0.25, 0.3) is 0 Å². The predicted octanol–water partition coefficient (Wildman–Crippen LogP) is 2.15. The van der Waals surface area contributed by atoms with Crippen LogP contribution in [0.3, 0.4) is 0 Å². The summed E-state index contributed by atoms with van der Waals surface area (Å²) in [6.45, 7) is 6.80. The Bertz CT molecular complexity index is 519. The smallest absolute Gasteiger partial charge is 0.410 e. The van der Waals surface area contributed by atoms with Crippen LogP contribution in [0.1, 0.15) is 33.6 Å². The highest BCUT2D eigenvalue weighted by Gasteiger charge is 2.27. The second-order valence-corrected chi connectivity index (χ2v) is 6.17. The van der Waals surface area contributed by atoms with Gasteiger partial charge in [0.05, 0.1) is 0 Å². The molecule has 0 saturated carbocycles. The normalized spacial score (nSPS) is 16.6. The first kappa shape index (κ1) is 15.4. The second-order valence-electron chi connectivity index (χ2n) is 6.17. The van der Waals surface area contributed by atoms with Crippen LogP contribution >= 0.6 is 0 Å². The summed E-state index contributed by atoms with van der Waals surface area (Å²) in [5.74, 6) is 0.644. The Morgan fingerprint density at radius 2 is 1.95 bits per heavy atom. The Morgan fingerprint density at radius 3 is 2.48 bits per heavy atom. The summed E-state index contributed by atoms with van der Waals surface area (Å²) in [6, 6.07) is 3.09. The summed E-state index contributed by atoms with van der Waals surface area (Å²) in [4.78, 5) is 27.2. The van der Waals surface area contributed by atoms with Crippen molar-refractivity contribution in [1.82, 2.24) is 9.88 Å². The zero-order chi connectivity index (χ0) is 15.5. The first-order chi connectivity index (χ1) is 9.83. The molecule has 0 spiro atoms. The molecule has 1 aliphatic rings. The van der Waals surface area contributed by atoms with E-state index in [2.05, 4.69) is 4.98 Å². The van der Waals surface area contributed by atoms with Gasteiger partial charge in [-0.3, -0.25) is 4.79 Å². The molecule has 6 nitrogen and oxygen atoms in total. The Labute approximate surface area is 124 Å². The molecule has 1 aromatic heterocycles. The van der Waals surface area contributed by atoms with Crippen molar-refractivity contribution in [2.24, 2.45) is 0 Å². The molecule has 1 fully saturated rings. The lowest BCUT2D eigenvalue weighted by Gasteiger charge is -2.33. The van der Waals surface area contributed by atoms with Crippen molar-refractivity contribution < 1.29 is 14.3 Å². The molecule has 0 radical (unpaired) electrons. The van der Waals surface area contributed by atoms with Crippen molar-refractivity contribution >= 4 is 6.09 Å². The molecular weight excluding hydrogens is 272 g/mol. The minimum atomic E-state index is -0.472. The van der Waals surface area contributed by atoms with E-state index in [0.717, 1.165) is 12.8 Å². The first-order valence-electron chi connectivity index (χ1n) is 7.17. The number of hydrogen-bond donors (Lipinski definition) is 1. The third-order valence-electron chi connectivity index (χ3n) is 3.15. The zero-order valence-electron chi connectivity index (χ0n) is 12.7. The molecule has 1 saturated heterocycles. The highest BCUT2D eigenvalue weighted by Crippen LogP contribution is 2.19. The van der Waals surface area contributed by atoms with Crippen LogP contribution in [0.5, 0.6) is 5.75 Å². The second kappa shape index (κ2) is 6.20. The maximum atomic E-state index is 11.9. The van der Waals surface area contributed by atoms with Gasteiger partial charge in [0.1, 0.15) is 17.5 Å². The Hall–Kier alpha value is -1.98. The van der Waals surface area contributed by atoms with Gasteiger partial charge in [-0.05, 0) is 26.8 Å². The maximum absolute atomic E-state index is 11.9. The lowest BCUT2D eigenvalue weighted by Crippen LogP contribution is -2.44. The number of H-pyrrole nitrogens is 1. The van der Waals surface area contributed by atoms with Gasteiger partial charge in [-0.15, -0.1) is 0 Å². The Balaban J connectivity index is 1.81. The molecule has 0 aromatic carbocycles. The van der Waals surface area contributed by atoms with Gasteiger partial charge in [0.15, 0.2) is 0 Å². The van der Waals surface area contributed by atoms with E-state index in [1.54, 1.807) is 17.2 Å². The van der Waals surface area contributed by atoms with Crippen molar-refractivity contribution in [3.8, 4) is 5.75 Å². The number of piperidine rings is 1. The maximum Gasteiger partial charge on any atom is 0.410 e. The summed E-state index contributed by atoms with van der Waals surface area (Å²) in [6.07, 6.45) is 2.83. The minimum Gasteiger partial charge on any atom is -0.489 e. The molecule has 6 heteroatoms. The van der Waals surface area contributed by atoms with E-state index in [-0.39, 0.29) is 17.8 Å². The number of likely N-dealkylation sites (tertiary alicyclic amines) is 1. The van der Waals surface area contributed by atoms with Gasteiger partial charge in [0.25, 0.3) is 0 Å². The Kier molecular flexibility index (Phi) is 4.55. The number of hydrogen-bond acceptors (Lipinski definition) is 4. The monoisotopic (exact) mass is 294 g/mol. The first-order valence-corrected chi connectivity index (χ1v) is 7.17. The average Bonchev–Trinajstić information content (AvgIpc) is 2.40. The van der Waals surface area contributed by atoms with E-state index >= 15 is 0 Å². The predicted molar refractivity (Wildman–Crippen MR) is 78.5 cm³/mol. The SMILES string of the molecule is CC(C)(C)OC(=O)N1CCC(Oc2ccc(=O)[nH]c2)CC1. The van der Waals surface area contributed by atoms with Crippen LogP contribution in [0, 0.1) is 0 Å². The molecular formula is C15H22N2O4. The molecule has 21 heavy (non-hydrogen) atoms. The fraction of sp³-hybridized carbons (Fsp3) is 0.600. The van der Waals surface area contributed by atoms with Crippen LogP contribution < -0.4 is 10.3 Å². The quantitative estimate of drug-likeness (QED) is 0.907. The van der Waals surface area contributed by atoms with E-state index in [4.69, 9.17) is 9.47 Å². The fourth-order valence-electron chi connectivity index (χ4n) is 2.14. The molecule has 1 amide bonds. The number of ether oxygens (including phenoxy) is 2. The lowest BCUT2D eigenvalue weighted by atomic mass is 10.1. The van der Waals surface area contributed by atoms with Gasteiger partial charge in [0.2, 0.25) is 5.56 Å². The van der Waals surface area contributed by atoms with Crippen LogP contribution in [-0.2, 0) is 4.74 Å². The summed E-state index contributed by atoms with van der Waals surface area (Å²) < 4.78 is 11.1. The molecule has 0 atom stereocenters. The summed E-state index contributed by atoms with van der Waals surface area (Å²) in [7, 11) is 0. The molecule has 116 valence electrons. The molecule has 1 aromatic rings. The highest BCUT2D eigenvalue weighted by atomic mass is 16.6. The van der Waals surface area contributed by atoms with E-state index in [1.807, 2.05) is 20.8 Å². The number of aromatic nitrogens is 1. The van der Waals surface area contributed by atoms with Gasteiger partial charge in [-0.25, -0.2) is 4.79 Å². The zero-order valence-corrected chi connectivity index (χ0v) is 12.7. The number of nitrogens with one attached hydrogen (secondary N) is 1. The molecule has 0 aliphatic carbocycles. The summed E-state index contributed by atoms with van der Waals surface area (Å²) in [5, 5.41) is 0. The van der Waals surface area contributed by atoms with Crippen molar-refractivity contribution in [1.29, 1.82) is 0 Å².